The topological polar surface area (TPSA) is 45.0 Å². The summed E-state index contributed by atoms with van der Waals surface area (Å²) >= 11 is 0. The molecule has 0 fully saturated rings. The first-order valence-corrected chi connectivity index (χ1v) is 2.41. The van der Waals surface area contributed by atoms with Crippen LogP contribution in [0.25, 0.3) is 0 Å². The highest BCUT2D eigenvalue weighted by molar-refractivity contribution is 4.87. The molecule has 0 aromatic rings. The van der Waals surface area contributed by atoms with E-state index in [9.17, 15) is 0 Å². The van der Waals surface area contributed by atoms with Crippen molar-refractivity contribution in [1.82, 2.24) is 5.32 Å². The second-order valence-corrected chi connectivity index (χ2v) is 1.43. The normalized spacial score (nSPS) is 12.6. The molecule has 0 radical (unpaired) electrons. The number of hydrogen-bond acceptors (Lipinski definition) is 3. The third-order valence-corrected chi connectivity index (χ3v) is 0.838. The lowest BCUT2D eigenvalue weighted by molar-refractivity contribution is 0.185. The van der Waals surface area contributed by atoms with Crippen molar-refractivity contribution in [2.45, 2.75) is 6.04 Å². The van der Waals surface area contributed by atoms with Gasteiger partial charge in [0.05, 0.1) is 12.7 Å². The minimum atomic E-state index is -0.167. The highest BCUT2D eigenvalue weighted by atomic mass is 16.5. The zero-order valence-corrected chi connectivity index (χ0v) is 5.14. The first-order valence-electron chi connectivity index (χ1n) is 2.41. The molecule has 0 rings (SSSR count). The second kappa shape index (κ2) is 4.57. The molecule has 1 atom stereocenters. The minimum Gasteiger partial charge on any atom is -0.382 e. The van der Waals surface area contributed by atoms with E-state index < -0.39 is 0 Å². The van der Waals surface area contributed by atoms with Crippen LogP contribution in [0.2, 0.25) is 0 Å². The Labute approximate surface area is 49.3 Å². The quantitative estimate of drug-likeness (QED) is 0.550. The fraction of sp³-hybridized carbons (Fsp3) is 0.800. The fourth-order valence-corrected chi connectivity index (χ4v) is 0.352. The molecule has 0 saturated heterocycles. The first-order chi connectivity index (χ1) is 3.85. The smallest absolute Gasteiger partial charge is 0.119 e. The van der Waals surface area contributed by atoms with E-state index in [-0.39, 0.29) is 6.04 Å². The standard InChI is InChI=1S/C5H10N2O/c1-7-5(3-6)4-8-2/h5,7H,4H2,1-2H3. The van der Waals surface area contributed by atoms with Gasteiger partial charge in [0.1, 0.15) is 6.04 Å². The summed E-state index contributed by atoms with van der Waals surface area (Å²) in [7, 11) is 3.30. The van der Waals surface area contributed by atoms with Crippen molar-refractivity contribution in [3.63, 3.8) is 0 Å². The van der Waals surface area contributed by atoms with Crippen molar-refractivity contribution >= 4 is 0 Å². The van der Waals surface area contributed by atoms with Gasteiger partial charge in [0.25, 0.3) is 0 Å². The molecule has 0 saturated carbocycles. The van der Waals surface area contributed by atoms with E-state index in [0.29, 0.717) is 6.61 Å². The molecule has 0 aromatic carbocycles. The molecule has 1 unspecified atom stereocenters. The summed E-state index contributed by atoms with van der Waals surface area (Å²) < 4.78 is 4.70. The highest BCUT2D eigenvalue weighted by Gasteiger charge is 1.99. The maximum atomic E-state index is 8.26. The molecule has 3 nitrogen and oxygen atoms in total. The van der Waals surface area contributed by atoms with Gasteiger partial charge in [-0.15, -0.1) is 0 Å². The molecule has 8 heavy (non-hydrogen) atoms. The minimum absolute atomic E-state index is 0.167. The summed E-state index contributed by atoms with van der Waals surface area (Å²) in [6.07, 6.45) is 0. The number of nitriles is 1. The van der Waals surface area contributed by atoms with Crippen molar-refractivity contribution in [1.29, 1.82) is 5.26 Å². The Morgan fingerprint density at radius 3 is 2.62 bits per heavy atom. The van der Waals surface area contributed by atoms with E-state index in [2.05, 4.69) is 5.32 Å². The summed E-state index contributed by atoms with van der Waals surface area (Å²) in [4.78, 5) is 0. The molecular formula is C5H10N2O. The number of methoxy groups -OCH3 is 1. The monoisotopic (exact) mass is 114 g/mol. The number of nitrogens with zero attached hydrogens (tertiary/aromatic N) is 1. The summed E-state index contributed by atoms with van der Waals surface area (Å²) in [5.41, 5.74) is 0. The molecule has 0 heterocycles. The van der Waals surface area contributed by atoms with Crippen LogP contribution in [0, 0.1) is 11.3 Å². The van der Waals surface area contributed by atoms with Gasteiger partial charge in [-0.25, -0.2) is 0 Å². The molecule has 0 bridgehead atoms. The molecular weight excluding hydrogens is 104 g/mol. The molecule has 0 spiro atoms. The van der Waals surface area contributed by atoms with Crippen molar-refractivity contribution in [3.05, 3.63) is 0 Å². The summed E-state index contributed by atoms with van der Waals surface area (Å²) in [6, 6.07) is 1.85. The van der Waals surface area contributed by atoms with Gasteiger partial charge < -0.3 is 10.1 Å². The van der Waals surface area contributed by atoms with Gasteiger partial charge in [-0.3, -0.25) is 0 Å². The third kappa shape index (κ3) is 2.56. The lowest BCUT2D eigenvalue weighted by Gasteiger charge is -2.02. The highest BCUT2D eigenvalue weighted by Crippen LogP contribution is 1.77. The molecule has 0 aliphatic carbocycles. The summed E-state index contributed by atoms with van der Waals surface area (Å²) in [6.45, 7) is 0.451. The van der Waals surface area contributed by atoms with Crippen molar-refractivity contribution in [2.75, 3.05) is 20.8 Å². The zero-order valence-electron chi connectivity index (χ0n) is 5.14. The van der Waals surface area contributed by atoms with Gasteiger partial charge in [-0.1, -0.05) is 0 Å². The zero-order chi connectivity index (χ0) is 6.41. The Hall–Kier alpha value is -0.590. The predicted molar refractivity (Wildman–Crippen MR) is 30.3 cm³/mol. The Bertz CT molecular complexity index is 86.9. The molecule has 0 amide bonds. The summed E-state index contributed by atoms with van der Waals surface area (Å²) in [5.74, 6) is 0. The van der Waals surface area contributed by atoms with Crippen LogP contribution < -0.4 is 5.32 Å². The Morgan fingerprint density at radius 2 is 2.50 bits per heavy atom. The maximum absolute atomic E-state index is 8.26. The number of rotatable bonds is 3. The van der Waals surface area contributed by atoms with Crippen LogP contribution in [-0.4, -0.2) is 26.8 Å². The van der Waals surface area contributed by atoms with Crippen LogP contribution in [0.4, 0.5) is 0 Å². The lowest BCUT2D eigenvalue weighted by atomic mass is 10.4. The van der Waals surface area contributed by atoms with Crippen molar-refractivity contribution < 1.29 is 4.74 Å². The average molecular weight is 114 g/mol. The van der Waals surface area contributed by atoms with E-state index in [0.717, 1.165) is 0 Å². The Morgan fingerprint density at radius 1 is 1.88 bits per heavy atom. The molecule has 0 aliphatic rings. The third-order valence-electron chi connectivity index (χ3n) is 0.838. The lowest BCUT2D eigenvalue weighted by Crippen LogP contribution is -2.27. The van der Waals surface area contributed by atoms with E-state index in [1.807, 2.05) is 6.07 Å². The van der Waals surface area contributed by atoms with Crippen LogP contribution in [-0.2, 0) is 4.74 Å². The molecule has 46 valence electrons. The van der Waals surface area contributed by atoms with Gasteiger partial charge in [0.2, 0.25) is 0 Å². The fourth-order valence-electron chi connectivity index (χ4n) is 0.352. The molecule has 1 N–H and O–H groups in total. The van der Waals surface area contributed by atoms with E-state index >= 15 is 0 Å². The van der Waals surface area contributed by atoms with Crippen molar-refractivity contribution in [3.8, 4) is 6.07 Å². The van der Waals surface area contributed by atoms with Gasteiger partial charge in [-0.2, -0.15) is 5.26 Å². The largest absolute Gasteiger partial charge is 0.382 e. The van der Waals surface area contributed by atoms with Crippen LogP contribution >= 0.6 is 0 Å². The van der Waals surface area contributed by atoms with E-state index in [1.165, 1.54) is 0 Å². The Balaban J connectivity index is 3.26. The molecule has 3 heteroatoms. The van der Waals surface area contributed by atoms with Crippen LogP contribution in [0.15, 0.2) is 0 Å². The Kier molecular flexibility index (Phi) is 4.23. The average Bonchev–Trinajstić information content (AvgIpc) is 1.83. The number of likely N-dealkylation sites (N-methyl/N-ethyl adjacent to an activating group) is 1. The van der Waals surface area contributed by atoms with Crippen LogP contribution in [0.3, 0.4) is 0 Å². The van der Waals surface area contributed by atoms with E-state index in [4.69, 9.17) is 10.00 Å². The molecule has 0 aromatic heterocycles. The van der Waals surface area contributed by atoms with Crippen LogP contribution in [0.5, 0.6) is 0 Å². The molecule has 0 aliphatic heterocycles. The van der Waals surface area contributed by atoms with Crippen molar-refractivity contribution in [2.24, 2.45) is 0 Å². The van der Waals surface area contributed by atoms with Gasteiger partial charge in [0, 0.05) is 7.11 Å². The van der Waals surface area contributed by atoms with E-state index in [1.54, 1.807) is 14.2 Å². The van der Waals surface area contributed by atoms with Gasteiger partial charge in [0.15, 0.2) is 0 Å². The van der Waals surface area contributed by atoms with Crippen LogP contribution in [0.1, 0.15) is 0 Å². The first kappa shape index (κ1) is 7.41. The van der Waals surface area contributed by atoms with Gasteiger partial charge in [-0.05, 0) is 7.05 Å². The second-order valence-electron chi connectivity index (χ2n) is 1.43. The number of nitrogens with one attached hydrogen (secondary N) is 1. The SMILES string of the molecule is CNC(C#N)COC. The predicted octanol–water partition coefficient (Wildman–Crippen LogP) is -0.256. The summed E-state index contributed by atoms with van der Waals surface area (Å²) in [5, 5.41) is 11.0. The van der Waals surface area contributed by atoms with Gasteiger partial charge >= 0.3 is 0 Å². The maximum Gasteiger partial charge on any atom is 0.119 e. The number of hydrogen-bond donors (Lipinski definition) is 1. The number of ether oxygens (including phenoxy) is 1.